The first kappa shape index (κ1) is 12.2. The molecule has 0 spiro atoms. The fourth-order valence-electron chi connectivity index (χ4n) is 1.59. The molecule has 0 saturated carbocycles. The molecule has 0 aliphatic carbocycles. The summed E-state index contributed by atoms with van der Waals surface area (Å²) in [7, 11) is 1.53. The average molecular weight is 242 g/mol. The molecule has 1 aromatic heterocycles. The van der Waals surface area contributed by atoms with Gasteiger partial charge in [-0.15, -0.1) is 0 Å². The molecule has 0 atom stereocenters. The van der Waals surface area contributed by atoms with Gasteiger partial charge in [-0.2, -0.15) is 0 Å². The van der Waals surface area contributed by atoms with E-state index in [1.54, 1.807) is 19.1 Å². The highest BCUT2D eigenvalue weighted by molar-refractivity contribution is 5.67. The van der Waals surface area contributed by atoms with Gasteiger partial charge in [0.05, 0.1) is 12.7 Å². The van der Waals surface area contributed by atoms with Crippen molar-refractivity contribution in [2.24, 2.45) is 0 Å². The predicted octanol–water partition coefficient (Wildman–Crippen LogP) is 3.13. The van der Waals surface area contributed by atoms with Crippen molar-refractivity contribution in [1.29, 1.82) is 0 Å². The van der Waals surface area contributed by atoms with Crippen LogP contribution in [0.15, 0.2) is 45.6 Å². The Hall–Kier alpha value is -2.29. The van der Waals surface area contributed by atoms with Gasteiger partial charge in [0.15, 0.2) is 0 Å². The highest BCUT2D eigenvalue weighted by Gasteiger charge is 2.05. The summed E-state index contributed by atoms with van der Waals surface area (Å²) in [4.78, 5) is 11.6. The van der Waals surface area contributed by atoms with E-state index in [1.807, 2.05) is 36.4 Å². The molecule has 0 N–H and O–H groups in total. The smallest absolute Gasteiger partial charge is 0.342 e. The van der Waals surface area contributed by atoms with Crippen molar-refractivity contribution >= 4 is 12.2 Å². The van der Waals surface area contributed by atoms with Crippen molar-refractivity contribution in [1.82, 2.24) is 0 Å². The van der Waals surface area contributed by atoms with Gasteiger partial charge in [-0.05, 0) is 18.6 Å². The highest BCUT2D eigenvalue weighted by Crippen LogP contribution is 2.17. The molecular weight excluding hydrogens is 228 g/mol. The monoisotopic (exact) mass is 242 g/mol. The minimum absolute atomic E-state index is 0.373. The SMILES string of the molecule is COc1cc(C=Cc2ccccc2)oc(=O)c1C. The molecule has 92 valence electrons. The van der Waals surface area contributed by atoms with E-state index >= 15 is 0 Å². The van der Waals surface area contributed by atoms with Crippen LogP contribution in [0.5, 0.6) is 5.75 Å². The van der Waals surface area contributed by atoms with Crippen molar-refractivity contribution in [3.8, 4) is 5.75 Å². The molecule has 0 aliphatic heterocycles. The Kier molecular flexibility index (Phi) is 3.63. The number of hydrogen-bond acceptors (Lipinski definition) is 3. The second-order valence-electron chi connectivity index (χ2n) is 3.87. The first-order valence-electron chi connectivity index (χ1n) is 5.62. The standard InChI is InChI=1S/C15H14O3/c1-11-14(17-2)10-13(18-15(11)16)9-8-12-6-4-3-5-7-12/h3-10H,1-2H3. The van der Waals surface area contributed by atoms with Crippen LogP contribution >= 0.6 is 0 Å². The summed E-state index contributed by atoms with van der Waals surface area (Å²) in [6.45, 7) is 1.68. The van der Waals surface area contributed by atoms with Crippen LogP contribution in [-0.4, -0.2) is 7.11 Å². The molecule has 3 heteroatoms. The molecular formula is C15H14O3. The summed E-state index contributed by atoms with van der Waals surface area (Å²) in [5, 5.41) is 0. The van der Waals surface area contributed by atoms with Crippen LogP contribution in [0.2, 0.25) is 0 Å². The fraction of sp³-hybridized carbons (Fsp3) is 0.133. The Morgan fingerprint density at radius 3 is 2.56 bits per heavy atom. The normalized spacial score (nSPS) is 10.8. The maximum atomic E-state index is 11.6. The van der Waals surface area contributed by atoms with Gasteiger partial charge in [0.1, 0.15) is 11.5 Å². The lowest BCUT2D eigenvalue weighted by Gasteiger charge is -2.03. The molecule has 0 fully saturated rings. The number of rotatable bonds is 3. The van der Waals surface area contributed by atoms with Gasteiger partial charge in [0, 0.05) is 6.07 Å². The summed E-state index contributed by atoms with van der Waals surface area (Å²) >= 11 is 0. The van der Waals surface area contributed by atoms with Crippen LogP contribution in [0.3, 0.4) is 0 Å². The summed E-state index contributed by atoms with van der Waals surface area (Å²) in [5.74, 6) is 1.02. The molecule has 0 unspecified atom stereocenters. The van der Waals surface area contributed by atoms with E-state index in [-0.39, 0.29) is 5.63 Å². The van der Waals surface area contributed by atoms with E-state index < -0.39 is 0 Å². The van der Waals surface area contributed by atoms with E-state index in [1.165, 1.54) is 7.11 Å². The van der Waals surface area contributed by atoms with Crippen LogP contribution in [0.25, 0.3) is 12.2 Å². The minimum atomic E-state index is -0.373. The molecule has 1 heterocycles. The van der Waals surface area contributed by atoms with Gasteiger partial charge in [-0.1, -0.05) is 36.4 Å². The highest BCUT2D eigenvalue weighted by atomic mass is 16.5. The predicted molar refractivity (Wildman–Crippen MR) is 71.6 cm³/mol. The second kappa shape index (κ2) is 5.36. The Morgan fingerprint density at radius 1 is 1.17 bits per heavy atom. The summed E-state index contributed by atoms with van der Waals surface area (Å²) in [6.07, 6.45) is 3.63. The zero-order chi connectivity index (χ0) is 13.0. The van der Waals surface area contributed by atoms with E-state index in [2.05, 4.69) is 0 Å². The molecule has 3 nitrogen and oxygen atoms in total. The van der Waals surface area contributed by atoms with Gasteiger partial charge in [0.2, 0.25) is 0 Å². The van der Waals surface area contributed by atoms with Crippen LogP contribution in [-0.2, 0) is 0 Å². The Bertz CT molecular complexity index is 609. The van der Waals surface area contributed by atoms with Crippen molar-refractivity contribution < 1.29 is 9.15 Å². The molecule has 2 aromatic rings. The lowest BCUT2D eigenvalue weighted by atomic mass is 10.2. The fourth-order valence-corrected chi connectivity index (χ4v) is 1.59. The van der Waals surface area contributed by atoms with Gasteiger partial charge in [-0.3, -0.25) is 0 Å². The molecule has 2 rings (SSSR count). The lowest BCUT2D eigenvalue weighted by Crippen LogP contribution is -2.05. The molecule has 0 amide bonds. The van der Waals surface area contributed by atoms with Crippen LogP contribution in [0.1, 0.15) is 16.9 Å². The Balaban J connectivity index is 2.33. The van der Waals surface area contributed by atoms with Gasteiger partial charge < -0.3 is 9.15 Å². The second-order valence-corrected chi connectivity index (χ2v) is 3.87. The number of benzene rings is 1. The van der Waals surface area contributed by atoms with Crippen molar-refractivity contribution in [2.45, 2.75) is 6.92 Å². The molecule has 0 bridgehead atoms. The average Bonchev–Trinajstić information content (AvgIpc) is 2.41. The van der Waals surface area contributed by atoms with E-state index in [9.17, 15) is 4.79 Å². The van der Waals surface area contributed by atoms with Crippen LogP contribution < -0.4 is 10.4 Å². The third kappa shape index (κ3) is 2.69. The maximum Gasteiger partial charge on any atom is 0.342 e. The van der Waals surface area contributed by atoms with Gasteiger partial charge in [-0.25, -0.2) is 4.79 Å². The quantitative estimate of drug-likeness (QED) is 0.830. The molecule has 0 saturated heterocycles. The summed E-state index contributed by atoms with van der Waals surface area (Å²) in [5.41, 5.74) is 1.15. The Labute approximate surface area is 105 Å². The number of ether oxygens (including phenoxy) is 1. The maximum absolute atomic E-state index is 11.6. The molecule has 0 aliphatic rings. The van der Waals surface area contributed by atoms with E-state index in [0.717, 1.165) is 5.56 Å². The largest absolute Gasteiger partial charge is 0.496 e. The molecule has 0 radical (unpaired) electrons. The zero-order valence-electron chi connectivity index (χ0n) is 10.3. The summed E-state index contributed by atoms with van der Waals surface area (Å²) in [6, 6.07) is 11.5. The Morgan fingerprint density at radius 2 is 1.89 bits per heavy atom. The lowest BCUT2D eigenvalue weighted by molar-refractivity contribution is 0.395. The van der Waals surface area contributed by atoms with Crippen LogP contribution in [0, 0.1) is 6.92 Å². The summed E-state index contributed by atoms with van der Waals surface area (Å²) < 4.78 is 10.3. The topological polar surface area (TPSA) is 39.4 Å². The zero-order valence-corrected chi connectivity index (χ0v) is 10.3. The minimum Gasteiger partial charge on any atom is -0.496 e. The van der Waals surface area contributed by atoms with Crippen molar-refractivity contribution in [3.05, 3.63) is 63.7 Å². The van der Waals surface area contributed by atoms with Crippen LogP contribution in [0.4, 0.5) is 0 Å². The number of methoxy groups -OCH3 is 1. The third-order valence-electron chi connectivity index (χ3n) is 2.62. The molecule has 1 aromatic carbocycles. The first-order valence-corrected chi connectivity index (χ1v) is 5.62. The van der Waals surface area contributed by atoms with Gasteiger partial charge in [0.25, 0.3) is 0 Å². The third-order valence-corrected chi connectivity index (χ3v) is 2.62. The first-order chi connectivity index (χ1) is 8.70. The van der Waals surface area contributed by atoms with Crippen molar-refractivity contribution in [3.63, 3.8) is 0 Å². The molecule has 18 heavy (non-hydrogen) atoms. The number of hydrogen-bond donors (Lipinski definition) is 0. The van der Waals surface area contributed by atoms with E-state index in [4.69, 9.17) is 9.15 Å². The van der Waals surface area contributed by atoms with Gasteiger partial charge >= 0.3 is 5.63 Å². The van der Waals surface area contributed by atoms with Crippen molar-refractivity contribution in [2.75, 3.05) is 7.11 Å². The van der Waals surface area contributed by atoms with E-state index in [0.29, 0.717) is 17.1 Å².